The third-order valence-corrected chi connectivity index (χ3v) is 3.45. The predicted molar refractivity (Wildman–Crippen MR) is 86.8 cm³/mol. The normalized spacial score (nSPS) is 10.7. The number of amides is 1. The third-order valence-electron chi connectivity index (χ3n) is 3.04. The second kappa shape index (κ2) is 7.19. The van der Waals surface area contributed by atoms with Crippen LogP contribution >= 0.6 is 15.9 Å². The number of halogens is 1. The fourth-order valence-corrected chi connectivity index (χ4v) is 2.26. The molecule has 7 nitrogen and oxygen atoms in total. The molecule has 118 valence electrons. The number of hydrogen-bond donors (Lipinski definition) is 1. The molecule has 2 aromatic heterocycles. The highest BCUT2D eigenvalue weighted by molar-refractivity contribution is 9.10. The average molecular weight is 376 g/mol. The van der Waals surface area contributed by atoms with Gasteiger partial charge in [0.15, 0.2) is 5.82 Å². The maximum Gasteiger partial charge on any atom is 0.407 e. The molecule has 23 heavy (non-hydrogen) atoms. The van der Waals surface area contributed by atoms with Crippen molar-refractivity contribution in [2.24, 2.45) is 0 Å². The molecule has 0 aliphatic heterocycles. The van der Waals surface area contributed by atoms with Gasteiger partial charge in [-0.1, -0.05) is 30.3 Å². The van der Waals surface area contributed by atoms with Crippen molar-refractivity contribution >= 4 is 27.8 Å². The minimum absolute atomic E-state index is 0.247. The molecule has 3 rings (SSSR count). The molecular weight excluding hydrogens is 362 g/mol. The summed E-state index contributed by atoms with van der Waals surface area (Å²) in [7, 11) is 0. The van der Waals surface area contributed by atoms with E-state index in [1.807, 2.05) is 30.3 Å². The molecule has 0 aliphatic rings. The molecule has 0 saturated carbocycles. The van der Waals surface area contributed by atoms with Crippen LogP contribution in [-0.2, 0) is 17.8 Å². The first-order valence-corrected chi connectivity index (χ1v) is 7.81. The van der Waals surface area contributed by atoms with Crippen LogP contribution in [0.5, 0.6) is 0 Å². The minimum atomic E-state index is -0.460. The topological polar surface area (TPSA) is 81.4 Å². The number of rotatable bonds is 5. The summed E-state index contributed by atoms with van der Waals surface area (Å²) in [5, 5.41) is 6.96. The molecule has 0 atom stereocenters. The van der Waals surface area contributed by atoms with E-state index in [2.05, 4.69) is 36.3 Å². The molecule has 0 unspecified atom stereocenters. The highest BCUT2D eigenvalue weighted by Gasteiger charge is 2.07. The van der Waals surface area contributed by atoms with Crippen LogP contribution in [0.15, 0.2) is 47.2 Å². The summed E-state index contributed by atoms with van der Waals surface area (Å²) < 4.78 is 7.54. The van der Waals surface area contributed by atoms with Gasteiger partial charge in [0.25, 0.3) is 5.78 Å². The second-order valence-electron chi connectivity index (χ2n) is 4.78. The maximum absolute atomic E-state index is 11.6. The molecule has 0 radical (unpaired) electrons. The molecule has 0 saturated heterocycles. The van der Waals surface area contributed by atoms with E-state index in [9.17, 15) is 4.79 Å². The Kier molecular flexibility index (Phi) is 4.82. The molecule has 1 amide bonds. The van der Waals surface area contributed by atoms with E-state index in [0.717, 1.165) is 10.0 Å². The summed E-state index contributed by atoms with van der Waals surface area (Å²) in [5.74, 6) is 1.13. The van der Waals surface area contributed by atoms with Crippen molar-refractivity contribution in [3.8, 4) is 0 Å². The highest BCUT2D eigenvalue weighted by atomic mass is 79.9. The monoisotopic (exact) mass is 375 g/mol. The Balaban J connectivity index is 1.45. The quantitative estimate of drug-likeness (QED) is 0.740. The Labute approximate surface area is 140 Å². The lowest BCUT2D eigenvalue weighted by Gasteiger charge is -2.05. The largest absolute Gasteiger partial charge is 0.445 e. The van der Waals surface area contributed by atoms with Crippen LogP contribution in [0.1, 0.15) is 11.4 Å². The Morgan fingerprint density at radius 1 is 1.30 bits per heavy atom. The van der Waals surface area contributed by atoms with Gasteiger partial charge in [0, 0.05) is 25.4 Å². The molecule has 0 fully saturated rings. The Morgan fingerprint density at radius 2 is 2.13 bits per heavy atom. The van der Waals surface area contributed by atoms with Crippen molar-refractivity contribution in [1.82, 2.24) is 24.9 Å². The molecule has 0 spiro atoms. The number of aromatic nitrogens is 4. The highest BCUT2D eigenvalue weighted by Crippen LogP contribution is 2.07. The lowest BCUT2D eigenvalue weighted by atomic mass is 10.2. The average Bonchev–Trinajstić information content (AvgIpc) is 2.95. The number of carbonyl (C=O) groups excluding carboxylic acids is 1. The molecule has 1 aromatic carbocycles. The van der Waals surface area contributed by atoms with E-state index in [4.69, 9.17) is 4.74 Å². The first-order valence-electron chi connectivity index (χ1n) is 7.02. The molecular formula is C15H14BrN5O2. The van der Waals surface area contributed by atoms with Gasteiger partial charge < -0.3 is 10.1 Å². The number of nitrogens with one attached hydrogen (secondary N) is 1. The van der Waals surface area contributed by atoms with E-state index in [-0.39, 0.29) is 6.61 Å². The SMILES string of the molecule is O=C(NCCc1nc2ncc(Br)cn2n1)OCc1ccccc1. The van der Waals surface area contributed by atoms with Gasteiger partial charge in [0.05, 0.1) is 4.47 Å². The van der Waals surface area contributed by atoms with Crippen LogP contribution in [-0.4, -0.2) is 32.2 Å². The lowest BCUT2D eigenvalue weighted by Crippen LogP contribution is -2.26. The van der Waals surface area contributed by atoms with Gasteiger partial charge in [-0.3, -0.25) is 0 Å². The summed E-state index contributed by atoms with van der Waals surface area (Å²) in [6.45, 7) is 0.642. The van der Waals surface area contributed by atoms with Crippen molar-refractivity contribution in [1.29, 1.82) is 0 Å². The third kappa shape index (κ3) is 4.26. The number of carbonyl (C=O) groups is 1. The number of fused-ring (bicyclic) bond motifs is 1. The van der Waals surface area contributed by atoms with Crippen LogP contribution in [0.3, 0.4) is 0 Å². The molecule has 1 N–H and O–H groups in total. The Bertz CT molecular complexity index is 806. The van der Waals surface area contributed by atoms with E-state index >= 15 is 0 Å². The van der Waals surface area contributed by atoms with E-state index in [1.165, 1.54) is 0 Å². The van der Waals surface area contributed by atoms with E-state index in [1.54, 1.807) is 16.9 Å². The summed E-state index contributed by atoms with van der Waals surface area (Å²) in [6, 6.07) is 9.52. The van der Waals surface area contributed by atoms with Crippen molar-refractivity contribution in [2.45, 2.75) is 13.0 Å². The van der Waals surface area contributed by atoms with Crippen LogP contribution in [0.2, 0.25) is 0 Å². The van der Waals surface area contributed by atoms with Crippen molar-refractivity contribution in [2.75, 3.05) is 6.54 Å². The lowest BCUT2D eigenvalue weighted by molar-refractivity contribution is 0.140. The van der Waals surface area contributed by atoms with Gasteiger partial charge in [0.1, 0.15) is 6.61 Å². The number of ether oxygens (including phenoxy) is 1. The zero-order valence-electron chi connectivity index (χ0n) is 12.1. The van der Waals surface area contributed by atoms with Crippen molar-refractivity contribution < 1.29 is 9.53 Å². The fourth-order valence-electron chi connectivity index (χ4n) is 1.96. The molecule has 0 bridgehead atoms. The standard InChI is InChI=1S/C15H14BrN5O2/c16-12-8-18-14-19-13(20-21(14)9-12)6-7-17-15(22)23-10-11-4-2-1-3-5-11/h1-5,8-9H,6-7,10H2,(H,17,22). The van der Waals surface area contributed by atoms with Gasteiger partial charge in [-0.15, -0.1) is 5.10 Å². The summed E-state index contributed by atoms with van der Waals surface area (Å²) in [6.07, 6.45) is 3.48. The first kappa shape index (κ1) is 15.4. The van der Waals surface area contributed by atoms with Gasteiger partial charge in [-0.25, -0.2) is 14.3 Å². The van der Waals surface area contributed by atoms with Crippen LogP contribution in [0, 0.1) is 0 Å². The number of alkyl carbamates (subject to hydrolysis) is 1. The number of benzene rings is 1. The van der Waals surface area contributed by atoms with Crippen LogP contribution in [0.25, 0.3) is 5.78 Å². The van der Waals surface area contributed by atoms with Gasteiger partial charge in [-0.2, -0.15) is 4.98 Å². The molecule has 0 aliphatic carbocycles. The minimum Gasteiger partial charge on any atom is -0.445 e. The summed E-state index contributed by atoms with van der Waals surface area (Å²) in [5.41, 5.74) is 0.946. The number of hydrogen-bond acceptors (Lipinski definition) is 5. The van der Waals surface area contributed by atoms with Gasteiger partial charge >= 0.3 is 6.09 Å². The van der Waals surface area contributed by atoms with E-state index < -0.39 is 6.09 Å². The van der Waals surface area contributed by atoms with Crippen LogP contribution < -0.4 is 5.32 Å². The van der Waals surface area contributed by atoms with Gasteiger partial charge in [0.2, 0.25) is 0 Å². The van der Waals surface area contributed by atoms with Gasteiger partial charge in [-0.05, 0) is 21.5 Å². The Hall–Kier alpha value is -2.48. The first-order chi connectivity index (χ1) is 11.2. The maximum atomic E-state index is 11.6. The molecule has 8 heteroatoms. The van der Waals surface area contributed by atoms with Crippen molar-refractivity contribution in [3.05, 3.63) is 58.6 Å². The smallest absolute Gasteiger partial charge is 0.407 e. The zero-order valence-corrected chi connectivity index (χ0v) is 13.7. The fraction of sp³-hybridized carbons (Fsp3) is 0.200. The van der Waals surface area contributed by atoms with Crippen molar-refractivity contribution in [3.63, 3.8) is 0 Å². The Morgan fingerprint density at radius 3 is 2.96 bits per heavy atom. The predicted octanol–water partition coefficient (Wildman–Crippen LogP) is 2.36. The number of nitrogens with zero attached hydrogens (tertiary/aromatic N) is 4. The second-order valence-corrected chi connectivity index (χ2v) is 5.70. The van der Waals surface area contributed by atoms with E-state index in [0.29, 0.717) is 24.6 Å². The molecule has 3 aromatic rings. The summed E-state index contributed by atoms with van der Waals surface area (Å²) >= 11 is 3.33. The molecule has 2 heterocycles. The zero-order chi connectivity index (χ0) is 16.1. The summed E-state index contributed by atoms with van der Waals surface area (Å²) in [4.78, 5) is 20.0. The van der Waals surface area contributed by atoms with Crippen LogP contribution in [0.4, 0.5) is 4.79 Å².